The van der Waals surface area contributed by atoms with Crippen LogP contribution in [-0.2, 0) is 0 Å². The molecular formula is C7H12N2O2. The van der Waals surface area contributed by atoms with Gasteiger partial charge in [-0.3, -0.25) is 0 Å². The van der Waals surface area contributed by atoms with Crippen molar-refractivity contribution in [1.82, 2.24) is 10.1 Å². The van der Waals surface area contributed by atoms with Gasteiger partial charge < -0.3 is 9.63 Å². The first-order valence-corrected chi connectivity index (χ1v) is 3.63. The maximum Gasteiger partial charge on any atom is 0.255 e. The van der Waals surface area contributed by atoms with E-state index in [9.17, 15) is 0 Å². The first-order valence-electron chi connectivity index (χ1n) is 3.63. The summed E-state index contributed by atoms with van der Waals surface area (Å²) in [6.45, 7) is 5.53. The van der Waals surface area contributed by atoms with Crippen molar-refractivity contribution in [3.8, 4) is 0 Å². The van der Waals surface area contributed by atoms with Crippen molar-refractivity contribution in [2.75, 3.05) is 0 Å². The third-order valence-corrected chi connectivity index (χ3v) is 1.33. The Labute approximate surface area is 65.2 Å². The molecule has 1 aromatic rings. The van der Waals surface area contributed by atoms with Crippen LogP contribution in [0.4, 0.5) is 0 Å². The van der Waals surface area contributed by atoms with Crippen molar-refractivity contribution >= 4 is 0 Å². The topological polar surface area (TPSA) is 59.2 Å². The van der Waals surface area contributed by atoms with Crippen LogP contribution >= 0.6 is 0 Å². The number of nitrogens with zero attached hydrogens (tertiary/aromatic N) is 2. The van der Waals surface area contributed by atoms with Gasteiger partial charge in [-0.1, -0.05) is 19.0 Å². The minimum Gasteiger partial charge on any atom is -0.384 e. The van der Waals surface area contributed by atoms with Crippen molar-refractivity contribution in [2.24, 2.45) is 0 Å². The molecule has 1 unspecified atom stereocenters. The molecule has 0 saturated heterocycles. The summed E-state index contributed by atoms with van der Waals surface area (Å²) in [6, 6.07) is 0. The SMILES string of the molecule is CC(C)c1noc(C(C)O)n1. The molecule has 0 amide bonds. The standard InChI is InChI=1S/C7H12N2O2/c1-4(2)6-8-7(5(3)10)11-9-6/h4-5,10H,1-3H3. The summed E-state index contributed by atoms with van der Waals surface area (Å²) in [5.74, 6) is 1.17. The molecule has 0 saturated carbocycles. The number of hydrogen-bond donors (Lipinski definition) is 1. The fraction of sp³-hybridized carbons (Fsp3) is 0.714. The van der Waals surface area contributed by atoms with Crippen LogP contribution in [-0.4, -0.2) is 15.2 Å². The van der Waals surface area contributed by atoms with E-state index in [-0.39, 0.29) is 11.8 Å². The highest BCUT2D eigenvalue weighted by molar-refractivity contribution is 4.92. The van der Waals surface area contributed by atoms with Crippen LogP contribution in [0.3, 0.4) is 0 Å². The average Bonchev–Trinajstić information content (AvgIpc) is 2.33. The first kappa shape index (κ1) is 8.20. The zero-order valence-electron chi connectivity index (χ0n) is 6.90. The predicted molar refractivity (Wildman–Crippen MR) is 39.0 cm³/mol. The molecule has 0 spiro atoms. The van der Waals surface area contributed by atoms with Gasteiger partial charge in [0.2, 0.25) is 0 Å². The van der Waals surface area contributed by atoms with E-state index in [0.717, 1.165) is 0 Å². The number of hydrogen-bond acceptors (Lipinski definition) is 4. The Bertz CT molecular complexity index is 208. The normalized spacial score (nSPS) is 13.9. The van der Waals surface area contributed by atoms with Crippen LogP contribution in [0.1, 0.15) is 44.5 Å². The van der Waals surface area contributed by atoms with E-state index in [0.29, 0.717) is 5.82 Å². The Morgan fingerprint density at radius 1 is 1.36 bits per heavy atom. The van der Waals surface area contributed by atoms with Gasteiger partial charge in [-0.25, -0.2) is 0 Å². The summed E-state index contributed by atoms with van der Waals surface area (Å²) < 4.78 is 4.78. The molecule has 0 aliphatic rings. The largest absolute Gasteiger partial charge is 0.384 e. The molecule has 0 aliphatic carbocycles. The second-order valence-corrected chi connectivity index (χ2v) is 2.82. The number of aliphatic hydroxyl groups is 1. The summed E-state index contributed by atoms with van der Waals surface area (Å²) in [6.07, 6.45) is -0.671. The Hall–Kier alpha value is -0.900. The number of aliphatic hydroxyl groups excluding tert-OH is 1. The number of rotatable bonds is 2. The monoisotopic (exact) mass is 156 g/mol. The van der Waals surface area contributed by atoms with Gasteiger partial charge in [0, 0.05) is 5.92 Å². The lowest BCUT2D eigenvalue weighted by Crippen LogP contribution is -1.93. The molecule has 4 heteroatoms. The molecule has 11 heavy (non-hydrogen) atoms. The molecule has 0 bridgehead atoms. The van der Waals surface area contributed by atoms with Gasteiger partial charge >= 0.3 is 0 Å². The summed E-state index contributed by atoms with van der Waals surface area (Å²) in [7, 11) is 0. The molecule has 1 rings (SSSR count). The van der Waals surface area contributed by atoms with Gasteiger partial charge in [-0.15, -0.1) is 0 Å². The average molecular weight is 156 g/mol. The summed E-state index contributed by atoms with van der Waals surface area (Å²) >= 11 is 0. The lowest BCUT2D eigenvalue weighted by molar-refractivity contribution is 0.151. The van der Waals surface area contributed by atoms with Gasteiger partial charge in [0.1, 0.15) is 6.10 Å². The van der Waals surface area contributed by atoms with Gasteiger partial charge in [-0.05, 0) is 6.92 Å². The Kier molecular flexibility index (Phi) is 2.24. The Morgan fingerprint density at radius 2 is 2.00 bits per heavy atom. The van der Waals surface area contributed by atoms with Crippen molar-refractivity contribution in [1.29, 1.82) is 0 Å². The number of aromatic nitrogens is 2. The van der Waals surface area contributed by atoms with E-state index in [1.54, 1.807) is 6.92 Å². The third kappa shape index (κ3) is 1.77. The van der Waals surface area contributed by atoms with E-state index >= 15 is 0 Å². The van der Waals surface area contributed by atoms with Gasteiger partial charge in [0.05, 0.1) is 0 Å². The van der Waals surface area contributed by atoms with Crippen molar-refractivity contribution < 1.29 is 9.63 Å². The van der Waals surface area contributed by atoms with Gasteiger partial charge in [0.25, 0.3) is 5.89 Å². The van der Waals surface area contributed by atoms with Gasteiger partial charge in [-0.2, -0.15) is 4.98 Å². The fourth-order valence-electron chi connectivity index (χ4n) is 0.651. The maximum absolute atomic E-state index is 9.02. The molecule has 0 aliphatic heterocycles. The molecule has 1 aromatic heterocycles. The molecule has 1 heterocycles. The van der Waals surface area contributed by atoms with Crippen molar-refractivity contribution in [3.05, 3.63) is 11.7 Å². The molecule has 1 N–H and O–H groups in total. The van der Waals surface area contributed by atoms with Crippen molar-refractivity contribution in [2.45, 2.75) is 32.8 Å². The molecular weight excluding hydrogens is 144 g/mol. The van der Waals surface area contributed by atoms with Crippen LogP contribution in [0.2, 0.25) is 0 Å². The van der Waals surface area contributed by atoms with Crippen LogP contribution in [0.25, 0.3) is 0 Å². The highest BCUT2D eigenvalue weighted by Gasteiger charge is 2.12. The molecule has 4 nitrogen and oxygen atoms in total. The highest BCUT2D eigenvalue weighted by Crippen LogP contribution is 2.13. The quantitative estimate of drug-likeness (QED) is 0.700. The van der Waals surface area contributed by atoms with E-state index in [4.69, 9.17) is 9.63 Å². The Balaban J connectivity index is 2.82. The summed E-state index contributed by atoms with van der Waals surface area (Å²) in [5.41, 5.74) is 0. The lowest BCUT2D eigenvalue weighted by Gasteiger charge is -1.93. The van der Waals surface area contributed by atoms with E-state index < -0.39 is 6.10 Å². The first-order chi connectivity index (χ1) is 5.11. The zero-order chi connectivity index (χ0) is 8.43. The predicted octanol–water partition coefficient (Wildman–Crippen LogP) is 1.25. The molecule has 1 atom stereocenters. The smallest absolute Gasteiger partial charge is 0.255 e. The minimum absolute atomic E-state index is 0.242. The summed E-state index contributed by atoms with van der Waals surface area (Å²) in [4.78, 5) is 3.98. The Morgan fingerprint density at radius 3 is 2.27 bits per heavy atom. The molecule has 62 valence electrons. The second-order valence-electron chi connectivity index (χ2n) is 2.82. The van der Waals surface area contributed by atoms with Crippen molar-refractivity contribution in [3.63, 3.8) is 0 Å². The fourth-order valence-corrected chi connectivity index (χ4v) is 0.651. The summed E-state index contributed by atoms with van der Waals surface area (Å²) in [5, 5.41) is 12.7. The second kappa shape index (κ2) is 3.00. The third-order valence-electron chi connectivity index (χ3n) is 1.33. The van der Waals surface area contributed by atoms with E-state index in [2.05, 4.69) is 10.1 Å². The van der Waals surface area contributed by atoms with Crippen LogP contribution in [0.5, 0.6) is 0 Å². The lowest BCUT2D eigenvalue weighted by atomic mass is 10.2. The van der Waals surface area contributed by atoms with E-state index in [1.165, 1.54) is 0 Å². The van der Waals surface area contributed by atoms with E-state index in [1.807, 2.05) is 13.8 Å². The molecule has 0 fully saturated rings. The maximum atomic E-state index is 9.02. The highest BCUT2D eigenvalue weighted by atomic mass is 16.5. The van der Waals surface area contributed by atoms with Crippen LogP contribution in [0, 0.1) is 0 Å². The van der Waals surface area contributed by atoms with Crippen LogP contribution < -0.4 is 0 Å². The zero-order valence-corrected chi connectivity index (χ0v) is 6.90. The van der Waals surface area contributed by atoms with Crippen LogP contribution in [0.15, 0.2) is 4.52 Å². The molecule has 0 radical (unpaired) electrons. The minimum atomic E-state index is -0.671. The van der Waals surface area contributed by atoms with Gasteiger partial charge in [0.15, 0.2) is 5.82 Å². The molecule has 0 aromatic carbocycles.